The molecule has 1 atom stereocenters. The van der Waals surface area contributed by atoms with E-state index in [9.17, 15) is 9.35 Å². The highest BCUT2D eigenvalue weighted by Gasteiger charge is 2.21. The molecule has 0 aliphatic heterocycles. The van der Waals surface area contributed by atoms with Crippen LogP contribution in [0.3, 0.4) is 0 Å². The summed E-state index contributed by atoms with van der Waals surface area (Å²) >= 11 is -1.32. The van der Waals surface area contributed by atoms with Gasteiger partial charge in [0.15, 0.2) is 10.6 Å². The minimum atomic E-state index is -1.32. The molecule has 0 aromatic heterocycles. The van der Waals surface area contributed by atoms with Gasteiger partial charge in [0.1, 0.15) is 17.6 Å². The maximum Gasteiger partial charge on any atom is 0.339 e. The Kier molecular flexibility index (Phi) is 4.03. The highest BCUT2D eigenvalue weighted by molar-refractivity contribution is 7.90. The molecule has 0 fully saturated rings. The number of carbonyl (C=O) groups is 1. The van der Waals surface area contributed by atoms with Crippen molar-refractivity contribution in [2.75, 3.05) is 20.5 Å². The Morgan fingerprint density at radius 3 is 2.25 bits per heavy atom. The molecular weight excluding hydrogens is 232 g/mol. The van der Waals surface area contributed by atoms with Crippen LogP contribution in [0, 0.1) is 0 Å². The minimum Gasteiger partial charge on any atom is -0.612 e. The summed E-state index contributed by atoms with van der Waals surface area (Å²) in [5.41, 5.74) is -0.0338. The largest absolute Gasteiger partial charge is 0.612 e. The highest BCUT2D eigenvalue weighted by Crippen LogP contribution is 2.32. The van der Waals surface area contributed by atoms with E-state index in [0.29, 0.717) is 10.6 Å². The smallest absolute Gasteiger partial charge is 0.339 e. The lowest BCUT2D eigenvalue weighted by atomic mass is 10.2. The van der Waals surface area contributed by atoms with Crippen LogP contribution in [-0.4, -0.2) is 36.1 Å². The van der Waals surface area contributed by atoms with E-state index < -0.39 is 17.1 Å². The molecule has 1 unspecified atom stereocenters. The zero-order valence-electron chi connectivity index (χ0n) is 9.14. The van der Waals surface area contributed by atoms with Gasteiger partial charge in [-0.15, -0.1) is 0 Å². The van der Waals surface area contributed by atoms with Gasteiger partial charge in [0, 0.05) is 12.1 Å². The fourth-order valence-electron chi connectivity index (χ4n) is 1.26. The maximum absolute atomic E-state index is 11.4. The number of benzene rings is 1. The van der Waals surface area contributed by atoms with E-state index in [4.69, 9.17) is 14.6 Å². The van der Waals surface area contributed by atoms with Crippen molar-refractivity contribution >= 4 is 17.1 Å². The van der Waals surface area contributed by atoms with Crippen LogP contribution >= 0.6 is 0 Å². The van der Waals surface area contributed by atoms with Crippen molar-refractivity contribution in [2.45, 2.75) is 4.90 Å². The summed E-state index contributed by atoms with van der Waals surface area (Å²) in [5.74, 6) is -0.604. The third-order valence-corrected chi connectivity index (χ3v) is 2.96. The quantitative estimate of drug-likeness (QED) is 0.803. The third kappa shape index (κ3) is 2.40. The molecule has 0 saturated heterocycles. The third-order valence-electron chi connectivity index (χ3n) is 2.03. The molecule has 0 aliphatic rings. The molecule has 0 spiro atoms. The molecule has 1 aromatic rings. The van der Waals surface area contributed by atoms with Gasteiger partial charge in [0.05, 0.1) is 14.2 Å². The first-order valence-corrected chi connectivity index (χ1v) is 5.89. The number of carboxylic acid groups (broad SMARTS) is 1. The van der Waals surface area contributed by atoms with Gasteiger partial charge >= 0.3 is 5.97 Å². The minimum absolute atomic E-state index is 0.0338. The van der Waals surface area contributed by atoms with Crippen LogP contribution in [0.1, 0.15) is 10.4 Å². The molecule has 0 radical (unpaired) electrons. The molecule has 0 bridgehead atoms. The maximum atomic E-state index is 11.4. The Bertz CT molecular complexity index is 402. The number of aromatic carboxylic acids is 1. The van der Waals surface area contributed by atoms with E-state index in [1.807, 2.05) is 0 Å². The Balaban J connectivity index is 3.40. The molecule has 0 amide bonds. The average Bonchev–Trinajstić information content (AvgIpc) is 2.26. The lowest BCUT2D eigenvalue weighted by Crippen LogP contribution is -2.06. The Morgan fingerprint density at radius 2 is 1.88 bits per heavy atom. The fraction of sp³-hybridized carbons (Fsp3) is 0.300. The van der Waals surface area contributed by atoms with Gasteiger partial charge in [-0.05, 0) is 11.2 Å². The molecule has 16 heavy (non-hydrogen) atoms. The van der Waals surface area contributed by atoms with Crippen molar-refractivity contribution in [1.29, 1.82) is 0 Å². The lowest BCUT2D eigenvalue weighted by Gasteiger charge is -2.12. The van der Waals surface area contributed by atoms with Crippen molar-refractivity contribution in [2.24, 2.45) is 0 Å². The lowest BCUT2D eigenvalue weighted by molar-refractivity contribution is 0.0693. The highest BCUT2D eigenvalue weighted by atomic mass is 32.2. The summed E-state index contributed by atoms with van der Waals surface area (Å²) in [7, 11) is 2.79. The van der Waals surface area contributed by atoms with Crippen LogP contribution < -0.4 is 9.47 Å². The Morgan fingerprint density at radius 1 is 1.31 bits per heavy atom. The number of methoxy groups -OCH3 is 2. The Labute approximate surface area is 96.2 Å². The monoisotopic (exact) mass is 244 g/mol. The molecule has 0 saturated carbocycles. The number of ether oxygens (including phenoxy) is 2. The Hall–Kier alpha value is -1.40. The van der Waals surface area contributed by atoms with Crippen LogP contribution in [0.2, 0.25) is 0 Å². The zero-order valence-corrected chi connectivity index (χ0v) is 9.96. The summed E-state index contributed by atoms with van der Waals surface area (Å²) < 4.78 is 21.3. The topological polar surface area (TPSA) is 78.8 Å². The molecule has 0 aliphatic carbocycles. The number of hydrogen-bond acceptors (Lipinski definition) is 4. The summed E-state index contributed by atoms with van der Waals surface area (Å²) in [4.78, 5) is 11.3. The fourth-order valence-corrected chi connectivity index (χ4v) is 1.97. The number of carboxylic acids is 1. The molecule has 88 valence electrons. The predicted octanol–water partition coefficient (Wildman–Crippen LogP) is 1.14. The van der Waals surface area contributed by atoms with E-state index in [1.54, 1.807) is 0 Å². The summed E-state index contributed by atoms with van der Waals surface area (Å²) in [5, 5.41) is 8.95. The zero-order chi connectivity index (χ0) is 12.3. The van der Waals surface area contributed by atoms with Gasteiger partial charge in [-0.1, -0.05) is 0 Å². The van der Waals surface area contributed by atoms with Crippen molar-refractivity contribution in [3.05, 3.63) is 17.7 Å². The second kappa shape index (κ2) is 5.09. The SMILES string of the molecule is COc1cc(OC)c([S+](C)[O-])cc1C(=O)O. The van der Waals surface area contributed by atoms with Crippen molar-refractivity contribution in [3.63, 3.8) is 0 Å². The molecule has 5 nitrogen and oxygen atoms in total. The van der Waals surface area contributed by atoms with Crippen molar-refractivity contribution < 1.29 is 23.9 Å². The van der Waals surface area contributed by atoms with E-state index in [-0.39, 0.29) is 11.3 Å². The van der Waals surface area contributed by atoms with Gasteiger partial charge in [0.25, 0.3) is 0 Å². The second-order valence-corrected chi connectivity index (χ2v) is 4.31. The average molecular weight is 244 g/mol. The molecule has 0 heterocycles. The predicted molar refractivity (Wildman–Crippen MR) is 58.8 cm³/mol. The van der Waals surface area contributed by atoms with Gasteiger partial charge in [-0.2, -0.15) is 0 Å². The van der Waals surface area contributed by atoms with Crippen LogP contribution in [0.15, 0.2) is 17.0 Å². The molecule has 1 N–H and O–H groups in total. The van der Waals surface area contributed by atoms with Gasteiger partial charge in [-0.3, -0.25) is 0 Å². The second-order valence-electron chi connectivity index (χ2n) is 2.96. The number of hydrogen-bond donors (Lipinski definition) is 1. The van der Waals surface area contributed by atoms with Gasteiger partial charge in [-0.25, -0.2) is 4.79 Å². The summed E-state index contributed by atoms with van der Waals surface area (Å²) in [6.07, 6.45) is 1.45. The van der Waals surface area contributed by atoms with E-state index in [2.05, 4.69) is 0 Å². The first-order chi connectivity index (χ1) is 7.51. The van der Waals surface area contributed by atoms with Crippen LogP contribution in [0.25, 0.3) is 0 Å². The first-order valence-electron chi connectivity index (χ1n) is 4.34. The van der Waals surface area contributed by atoms with E-state index in [0.717, 1.165) is 0 Å². The van der Waals surface area contributed by atoms with Crippen molar-refractivity contribution in [1.82, 2.24) is 0 Å². The molecular formula is C10H12O5S. The van der Waals surface area contributed by atoms with Gasteiger partial charge < -0.3 is 19.1 Å². The number of rotatable bonds is 4. The van der Waals surface area contributed by atoms with Crippen LogP contribution in [0.5, 0.6) is 11.5 Å². The summed E-state index contributed by atoms with van der Waals surface area (Å²) in [6, 6.07) is 2.72. The van der Waals surface area contributed by atoms with Crippen LogP contribution in [0.4, 0.5) is 0 Å². The first kappa shape index (κ1) is 12.7. The molecule has 1 aromatic carbocycles. The van der Waals surface area contributed by atoms with Crippen LogP contribution in [-0.2, 0) is 11.2 Å². The molecule has 6 heteroatoms. The van der Waals surface area contributed by atoms with Gasteiger partial charge in [0.2, 0.25) is 0 Å². The normalized spacial score (nSPS) is 12.0. The van der Waals surface area contributed by atoms with E-state index >= 15 is 0 Å². The standard InChI is InChI=1S/C10H12O5S/c1-14-7-5-8(15-2)9(16(3)13)4-6(7)10(11)12/h4-5H,1-3H3,(H,11,12). The summed E-state index contributed by atoms with van der Waals surface area (Å²) in [6.45, 7) is 0. The van der Waals surface area contributed by atoms with E-state index in [1.165, 1.54) is 32.6 Å². The molecule has 1 rings (SSSR count). The van der Waals surface area contributed by atoms with Crippen molar-refractivity contribution in [3.8, 4) is 11.5 Å².